The van der Waals surface area contributed by atoms with Crippen LogP contribution in [0.1, 0.15) is 37.8 Å². The molecule has 0 radical (unpaired) electrons. The summed E-state index contributed by atoms with van der Waals surface area (Å²) in [6, 6.07) is 11.8. The zero-order valence-corrected chi connectivity index (χ0v) is 12.6. The van der Waals surface area contributed by atoms with E-state index >= 15 is 0 Å². The second-order valence-corrected chi connectivity index (χ2v) is 6.04. The highest BCUT2D eigenvalue weighted by molar-refractivity contribution is 5.29. The van der Waals surface area contributed by atoms with Crippen LogP contribution < -0.4 is 10.1 Å². The maximum atomic E-state index is 8.52. The first-order valence-corrected chi connectivity index (χ1v) is 7.88. The Balaban J connectivity index is 1.57. The molecule has 2 aliphatic heterocycles. The third-order valence-electron chi connectivity index (χ3n) is 4.75. The van der Waals surface area contributed by atoms with Crippen LogP contribution in [0.4, 0.5) is 0 Å². The number of nitrogens with zero attached hydrogens (tertiary/aromatic N) is 2. The fraction of sp³-hybridized carbons (Fsp3) is 0.588. The van der Waals surface area contributed by atoms with E-state index < -0.39 is 0 Å². The van der Waals surface area contributed by atoms with Gasteiger partial charge < -0.3 is 10.1 Å². The number of fused-ring (bicyclic) bond motifs is 1. The summed E-state index contributed by atoms with van der Waals surface area (Å²) in [5.41, 5.74) is 1.27. The van der Waals surface area contributed by atoms with E-state index in [1.807, 2.05) is 18.2 Å². The monoisotopic (exact) mass is 285 g/mol. The van der Waals surface area contributed by atoms with Gasteiger partial charge in [0.2, 0.25) is 0 Å². The first kappa shape index (κ1) is 14.4. The first-order chi connectivity index (χ1) is 10.3. The second kappa shape index (κ2) is 6.46. The molecule has 112 valence electrons. The standard InChI is InChI=1S/C17H23N3O/c1-13(14-4-6-15(7-5-14)21-12-9-18)19-16-8-11-20-10-2-3-17(16)20/h4-7,13,16-17,19H,2-3,8,10-12H2,1H3. The third-order valence-corrected chi connectivity index (χ3v) is 4.75. The fourth-order valence-electron chi connectivity index (χ4n) is 3.66. The van der Waals surface area contributed by atoms with Crippen LogP contribution in [0.5, 0.6) is 5.75 Å². The van der Waals surface area contributed by atoms with Crippen molar-refractivity contribution < 1.29 is 4.74 Å². The van der Waals surface area contributed by atoms with Crippen molar-refractivity contribution >= 4 is 0 Å². The first-order valence-electron chi connectivity index (χ1n) is 7.88. The molecule has 2 heterocycles. The lowest BCUT2D eigenvalue weighted by Gasteiger charge is -2.25. The van der Waals surface area contributed by atoms with Crippen molar-refractivity contribution in [1.82, 2.24) is 10.2 Å². The molecule has 1 N–H and O–H groups in total. The quantitative estimate of drug-likeness (QED) is 0.903. The highest BCUT2D eigenvalue weighted by Gasteiger charge is 2.37. The van der Waals surface area contributed by atoms with Crippen molar-refractivity contribution in [3.05, 3.63) is 29.8 Å². The summed E-state index contributed by atoms with van der Waals surface area (Å²) in [6.07, 6.45) is 3.95. The number of hydrogen-bond donors (Lipinski definition) is 1. The molecule has 0 spiro atoms. The molecule has 3 rings (SSSR count). The van der Waals surface area contributed by atoms with Gasteiger partial charge in [0.25, 0.3) is 0 Å². The zero-order chi connectivity index (χ0) is 14.7. The van der Waals surface area contributed by atoms with Crippen LogP contribution in [0.15, 0.2) is 24.3 Å². The minimum absolute atomic E-state index is 0.104. The molecule has 2 aliphatic rings. The summed E-state index contributed by atoms with van der Waals surface area (Å²) >= 11 is 0. The van der Waals surface area contributed by atoms with Gasteiger partial charge in [-0.15, -0.1) is 0 Å². The number of nitrogens with one attached hydrogen (secondary N) is 1. The van der Waals surface area contributed by atoms with Gasteiger partial charge in [-0.05, 0) is 50.4 Å². The molecule has 2 fully saturated rings. The van der Waals surface area contributed by atoms with Crippen LogP contribution in [-0.4, -0.2) is 36.7 Å². The molecule has 4 heteroatoms. The summed E-state index contributed by atoms with van der Waals surface area (Å²) in [6.45, 7) is 4.85. The van der Waals surface area contributed by atoms with Crippen LogP contribution in [0.3, 0.4) is 0 Å². The van der Waals surface area contributed by atoms with E-state index in [-0.39, 0.29) is 6.61 Å². The summed E-state index contributed by atoms with van der Waals surface area (Å²) in [5, 5.41) is 12.3. The van der Waals surface area contributed by atoms with Crippen LogP contribution in [0.2, 0.25) is 0 Å². The highest BCUT2D eigenvalue weighted by atomic mass is 16.5. The number of ether oxygens (including phenoxy) is 1. The van der Waals surface area contributed by atoms with Crippen molar-refractivity contribution in [2.45, 2.75) is 44.3 Å². The molecule has 0 aliphatic carbocycles. The lowest BCUT2D eigenvalue weighted by atomic mass is 10.0. The molecule has 0 bridgehead atoms. The maximum absolute atomic E-state index is 8.52. The molecule has 0 amide bonds. The van der Waals surface area contributed by atoms with Gasteiger partial charge in [-0.2, -0.15) is 5.26 Å². The molecule has 3 unspecified atom stereocenters. The van der Waals surface area contributed by atoms with Crippen LogP contribution in [0, 0.1) is 11.3 Å². The van der Waals surface area contributed by atoms with Gasteiger partial charge in [0.1, 0.15) is 11.8 Å². The molecule has 1 aromatic carbocycles. The van der Waals surface area contributed by atoms with Gasteiger partial charge in [-0.1, -0.05) is 12.1 Å². The van der Waals surface area contributed by atoms with Gasteiger partial charge in [-0.25, -0.2) is 0 Å². The summed E-state index contributed by atoms with van der Waals surface area (Å²) in [4.78, 5) is 2.63. The number of benzene rings is 1. The fourth-order valence-corrected chi connectivity index (χ4v) is 3.66. The Morgan fingerprint density at radius 1 is 1.33 bits per heavy atom. The van der Waals surface area contributed by atoms with Crippen molar-refractivity contribution in [3.8, 4) is 11.8 Å². The van der Waals surface area contributed by atoms with E-state index in [2.05, 4.69) is 29.3 Å². The predicted octanol–water partition coefficient (Wildman–Crippen LogP) is 2.48. The summed E-state index contributed by atoms with van der Waals surface area (Å²) in [7, 11) is 0. The van der Waals surface area contributed by atoms with Gasteiger partial charge in [0, 0.05) is 24.7 Å². The summed E-state index contributed by atoms with van der Waals surface area (Å²) < 4.78 is 5.29. The topological polar surface area (TPSA) is 48.3 Å². The minimum Gasteiger partial charge on any atom is -0.479 e. The second-order valence-electron chi connectivity index (χ2n) is 6.04. The summed E-state index contributed by atoms with van der Waals surface area (Å²) in [5.74, 6) is 0.760. The van der Waals surface area contributed by atoms with E-state index in [0.29, 0.717) is 12.1 Å². The maximum Gasteiger partial charge on any atom is 0.174 e. The largest absolute Gasteiger partial charge is 0.479 e. The molecule has 4 nitrogen and oxygen atoms in total. The van der Waals surface area contributed by atoms with Gasteiger partial charge in [0.05, 0.1) is 0 Å². The molecular formula is C17H23N3O. The lowest BCUT2D eigenvalue weighted by Crippen LogP contribution is -2.40. The van der Waals surface area contributed by atoms with Crippen LogP contribution in [-0.2, 0) is 0 Å². The molecule has 21 heavy (non-hydrogen) atoms. The van der Waals surface area contributed by atoms with E-state index in [1.54, 1.807) is 0 Å². The lowest BCUT2D eigenvalue weighted by molar-refractivity contribution is 0.291. The van der Waals surface area contributed by atoms with Crippen molar-refractivity contribution in [2.75, 3.05) is 19.7 Å². The molecular weight excluding hydrogens is 262 g/mol. The number of nitriles is 1. The van der Waals surface area contributed by atoms with Crippen LogP contribution >= 0.6 is 0 Å². The SMILES string of the molecule is CC(NC1CCN2CCCC12)c1ccc(OCC#N)cc1. The van der Waals surface area contributed by atoms with Crippen molar-refractivity contribution in [3.63, 3.8) is 0 Å². The van der Waals surface area contributed by atoms with E-state index in [1.165, 1.54) is 37.9 Å². The van der Waals surface area contributed by atoms with E-state index in [0.717, 1.165) is 11.8 Å². The Hall–Kier alpha value is -1.57. The highest BCUT2D eigenvalue weighted by Crippen LogP contribution is 2.29. The predicted molar refractivity (Wildman–Crippen MR) is 82.1 cm³/mol. The van der Waals surface area contributed by atoms with Gasteiger partial charge >= 0.3 is 0 Å². The van der Waals surface area contributed by atoms with E-state index in [4.69, 9.17) is 10.00 Å². The zero-order valence-electron chi connectivity index (χ0n) is 12.6. The number of hydrogen-bond acceptors (Lipinski definition) is 4. The Morgan fingerprint density at radius 3 is 2.90 bits per heavy atom. The van der Waals surface area contributed by atoms with Crippen LogP contribution in [0.25, 0.3) is 0 Å². The Morgan fingerprint density at radius 2 is 2.14 bits per heavy atom. The van der Waals surface area contributed by atoms with Gasteiger partial charge in [-0.3, -0.25) is 4.90 Å². The molecule has 0 aromatic heterocycles. The van der Waals surface area contributed by atoms with Gasteiger partial charge in [0.15, 0.2) is 6.61 Å². The minimum atomic E-state index is 0.104. The molecule has 2 saturated heterocycles. The van der Waals surface area contributed by atoms with E-state index in [9.17, 15) is 0 Å². The average Bonchev–Trinajstić information content (AvgIpc) is 3.10. The van der Waals surface area contributed by atoms with Crippen molar-refractivity contribution in [1.29, 1.82) is 5.26 Å². The molecule has 3 atom stereocenters. The normalized spacial score (nSPS) is 26.3. The smallest absolute Gasteiger partial charge is 0.174 e. The number of rotatable bonds is 5. The molecule has 0 saturated carbocycles. The molecule has 1 aromatic rings. The average molecular weight is 285 g/mol. The Bertz CT molecular complexity index is 508. The Labute approximate surface area is 126 Å². The van der Waals surface area contributed by atoms with Crippen molar-refractivity contribution in [2.24, 2.45) is 0 Å². The Kier molecular flexibility index (Phi) is 4.42. The third kappa shape index (κ3) is 3.20.